The molecule has 10 atom stereocenters. The highest BCUT2D eigenvalue weighted by Crippen LogP contribution is 2.75. The van der Waals surface area contributed by atoms with Crippen molar-refractivity contribution >= 4 is 5.97 Å². The van der Waals surface area contributed by atoms with Crippen LogP contribution < -0.4 is 0 Å². The van der Waals surface area contributed by atoms with Gasteiger partial charge in [-0.05, 0) is 104 Å². The number of carboxylic acids is 1. The van der Waals surface area contributed by atoms with E-state index >= 15 is 0 Å². The van der Waals surface area contributed by atoms with E-state index in [1.807, 2.05) is 6.92 Å². The average Bonchev–Trinajstić information content (AvgIpc) is 2.77. The Morgan fingerprint density at radius 2 is 1.60 bits per heavy atom. The fourth-order valence-corrected chi connectivity index (χ4v) is 10.7. The second-order valence-electron chi connectivity index (χ2n) is 14.9. The van der Waals surface area contributed by atoms with Crippen LogP contribution in [0.1, 0.15) is 99.3 Å². The highest BCUT2D eigenvalue weighted by Gasteiger charge is 2.70. The Morgan fingerprint density at radius 3 is 2.23 bits per heavy atom. The highest BCUT2D eigenvalue weighted by atomic mass is 16.4. The number of aliphatic hydroxyl groups excluding tert-OH is 3. The predicted molar refractivity (Wildman–Crippen MR) is 135 cm³/mol. The quantitative estimate of drug-likeness (QED) is 0.402. The summed E-state index contributed by atoms with van der Waals surface area (Å²) in [6.07, 6.45) is 8.69. The summed E-state index contributed by atoms with van der Waals surface area (Å²) >= 11 is 0. The maximum atomic E-state index is 12.3. The Labute approximate surface area is 211 Å². The number of hydrogen-bond acceptors (Lipinski definition) is 4. The lowest BCUT2D eigenvalue weighted by molar-refractivity contribution is -0.219. The zero-order valence-electron chi connectivity index (χ0n) is 22.7. The Balaban J connectivity index is 1.61. The molecule has 0 aliphatic heterocycles. The van der Waals surface area contributed by atoms with Crippen LogP contribution in [0.2, 0.25) is 0 Å². The number of hydrogen-bond donors (Lipinski definition) is 4. The van der Waals surface area contributed by atoms with Crippen molar-refractivity contribution in [1.82, 2.24) is 0 Å². The van der Waals surface area contributed by atoms with Crippen LogP contribution in [-0.2, 0) is 4.79 Å². The van der Waals surface area contributed by atoms with Crippen molar-refractivity contribution in [2.45, 2.75) is 112 Å². The molecule has 5 aliphatic carbocycles. The molecule has 5 aliphatic rings. The van der Waals surface area contributed by atoms with Gasteiger partial charge in [0, 0.05) is 5.41 Å². The molecule has 0 heterocycles. The first-order valence-corrected chi connectivity index (χ1v) is 14.0. The number of carboxylic acid groups (broad SMARTS) is 1. The summed E-state index contributed by atoms with van der Waals surface area (Å²) in [6, 6.07) is 0. The van der Waals surface area contributed by atoms with Crippen molar-refractivity contribution in [3.8, 4) is 0 Å². The van der Waals surface area contributed by atoms with Gasteiger partial charge in [-0.2, -0.15) is 0 Å². The molecular weight excluding hydrogens is 440 g/mol. The van der Waals surface area contributed by atoms with Gasteiger partial charge in [0.2, 0.25) is 0 Å². The monoisotopic (exact) mass is 488 g/mol. The topological polar surface area (TPSA) is 98.0 Å². The van der Waals surface area contributed by atoms with E-state index in [-0.39, 0.29) is 40.3 Å². The van der Waals surface area contributed by atoms with E-state index in [1.165, 1.54) is 5.57 Å². The largest absolute Gasteiger partial charge is 0.481 e. The maximum absolute atomic E-state index is 12.3. The summed E-state index contributed by atoms with van der Waals surface area (Å²) in [5.74, 6) is 0.0503. The Bertz CT molecular complexity index is 941. The van der Waals surface area contributed by atoms with E-state index in [0.29, 0.717) is 37.5 Å². The van der Waals surface area contributed by atoms with E-state index in [0.717, 1.165) is 32.1 Å². The summed E-state index contributed by atoms with van der Waals surface area (Å²) < 4.78 is 0. The zero-order chi connectivity index (χ0) is 25.8. The van der Waals surface area contributed by atoms with Crippen molar-refractivity contribution in [1.29, 1.82) is 0 Å². The van der Waals surface area contributed by atoms with Gasteiger partial charge >= 0.3 is 5.97 Å². The van der Waals surface area contributed by atoms with Crippen LogP contribution in [0, 0.1) is 50.2 Å². The van der Waals surface area contributed by atoms with Gasteiger partial charge in [-0.3, -0.25) is 4.79 Å². The van der Waals surface area contributed by atoms with Crippen molar-refractivity contribution in [3.05, 3.63) is 11.6 Å². The molecule has 0 bridgehead atoms. The molecule has 0 radical (unpaired) electrons. The van der Waals surface area contributed by atoms with E-state index in [1.54, 1.807) is 0 Å². The molecule has 4 N–H and O–H groups in total. The number of rotatable bonds is 2. The van der Waals surface area contributed by atoms with Gasteiger partial charge in [0.05, 0.1) is 24.2 Å². The Hall–Kier alpha value is -0.910. The van der Waals surface area contributed by atoms with Crippen LogP contribution >= 0.6 is 0 Å². The number of allylic oxidation sites excluding steroid dienone is 2. The minimum Gasteiger partial charge on any atom is -0.481 e. The zero-order valence-corrected chi connectivity index (χ0v) is 22.7. The van der Waals surface area contributed by atoms with E-state index in [9.17, 15) is 25.2 Å². The Morgan fingerprint density at radius 1 is 0.914 bits per heavy atom. The van der Waals surface area contributed by atoms with Gasteiger partial charge in [0.1, 0.15) is 0 Å². The lowest BCUT2D eigenvalue weighted by Gasteiger charge is -2.72. The summed E-state index contributed by atoms with van der Waals surface area (Å²) in [5, 5.41) is 43.3. The highest BCUT2D eigenvalue weighted by molar-refractivity contribution is 5.74. The minimum absolute atomic E-state index is 0.0135. The lowest BCUT2D eigenvalue weighted by Crippen LogP contribution is -2.67. The van der Waals surface area contributed by atoms with Crippen molar-refractivity contribution in [3.63, 3.8) is 0 Å². The molecule has 5 nitrogen and oxygen atoms in total. The number of aliphatic carboxylic acids is 1. The summed E-state index contributed by atoms with van der Waals surface area (Å²) in [5.41, 5.74) is -0.373. The summed E-state index contributed by atoms with van der Waals surface area (Å²) in [6.45, 7) is 13.5. The van der Waals surface area contributed by atoms with Gasteiger partial charge in [-0.25, -0.2) is 0 Å². The average molecular weight is 489 g/mol. The SMILES string of the molecule is CC1(C)[C@@H](O)CC[C@]2(C)[C@H]3CC=C4[C@@H]5C[C@](C)(C(=O)O)CC[C@]5(CO)[C@H](O)C[C@@]4(C)[C@]3(C)CC[C@@H]12. The molecule has 0 saturated heterocycles. The van der Waals surface area contributed by atoms with Crippen LogP contribution in [0.4, 0.5) is 0 Å². The molecule has 0 unspecified atom stereocenters. The van der Waals surface area contributed by atoms with Crippen molar-refractivity contribution in [2.24, 2.45) is 50.2 Å². The maximum Gasteiger partial charge on any atom is 0.309 e. The van der Waals surface area contributed by atoms with Crippen LogP contribution in [-0.4, -0.2) is 45.2 Å². The fourth-order valence-electron chi connectivity index (χ4n) is 10.7. The van der Waals surface area contributed by atoms with E-state index in [2.05, 4.69) is 40.7 Å². The summed E-state index contributed by atoms with van der Waals surface area (Å²) in [7, 11) is 0. The molecule has 5 heteroatoms. The number of fused-ring (bicyclic) bond motifs is 7. The first kappa shape index (κ1) is 25.7. The van der Waals surface area contributed by atoms with Crippen molar-refractivity contribution < 1.29 is 25.2 Å². The first-order chi connectivity index (χ1) is 16.1. The van der Waals surface area contributed by atoms with Crippen LogP contribution in [0.3, 0.4) is 0 Å². The second-order valence-corrected chi connectivity index (χ2v) is 14.9. The molecule has 4 fully saturated rings. The van der Waals surface area contributed by atoms with Gasteiger partial charge in [0.25, 0.3) is 0 Å². The Kier molecular flexibility index (Phi) is 5.56. The molecule has 0 aromatic carbocycles. The van der Waals surface area contributed by atoms with E-state index < -0.39 is 22.9 Å². The molecule has 4 saturated carbocycles. The predicted octanol–water partition coefficient (Wildman–Crippen LogP) is 5.18. The van der Waals surface area contributed by atoms with E-state index in [4.69, 9.17) is 0 Å². The lowest BCUT2D eigenvalue weighted by atomic mass is 9.33. The second kappa shape index (κ2) is 7.57. The molecule has 0 aromatic heterocycles. The molecule has 5 rings (SSSR count). The third kappa shape index (κ3) is 3.01. The number of carbonyl (C=O) groups is 1. The minimum atomic E-state index is -0.826. The van der Waals surface area contributed by atoms with Gasteiger partial charge < -0.3 is 20.4 Å². The smallest absolute Gasteiger partial charge is 0.309 e. The van der Waals surface area contributed by atoms with Crippen molar-refractivity contribution in [2.75, 3.05) is 6.61 Å². The van der Waals surface area contributed by atoms with Crippen LogP contribution in [0.25, 0.3) is 0 Å². The molecule has 35 heavy (non-hydrogen) atoms. The number of aliphatic hydroxyl groups is 3. The fraction of sp³-hybridized carbons (Fsp3) is 0.900. The molecule has 198 valence electrons. The third-order valence-corrected chi connectivity index (χ3v) is 13.4. The standard InChI is InChI=1S/C30H48O5/c1-25(2)20-9-12-28(5)21(27(20,4)11-10-22(25)32)8-7-18-19-15-26(3,24(34)35)13-14-30(19,17-31)23(33)16-29(18,28)6/h7,19-23,31-33H,8-17H2,1-6H3,(H,34,35)/t19-,20-,21+,22-,23+,26+,27-,28+,29+,30+/m0/s1. The summed E-state index contributed by atoms with van der Waals surface area (Å²) in [4.78, 5) is 12.3. The first-order valence-electron chi connectivity index (χ1n) is 14.0. The third-order valence-electron chi connectivity index (χ3n) is 13.4. The van der Waals surface area contributed by atoms with Gasteiger partial charge in [0.15, 0.2) is 0 Å². The molecule has 0 amide bonds. The van der Waals surface area contributed by atoms with Gasteiger partial charge in [-0.1, -0.05) is 46.3 Å². The normalized spacial score (nSPS) is 55.0. The van der Waals surface area contributed by atoms with Crippen LogP contribution in [0.5, 0.6) is 0 Å². The molecular formula is C30H48O5. The van der Waals surface area contributed by atoms with Gasteiger partial charge in [-0.15, -0.1) is 0 Å². The van der Waals surface area contributed by atoms with Crippen LogP contribution in [0.15, 0.2) is 11.6 Å². The molecule has 0 aromatic rings. The molecule has 0 spiro atoms.